The van der Waals surface area contributed by atoms with Gasteiger partial charge in [-0.15, -0.1) is 11.8 Å². The van der Waals surface area contributed by atoms with E-state index >= 15 is 0 Å². The summed E-state index contributed by atoms with van der Waals surface area (Å²) in [6, 6.07) is 2.07. The van der Waals surface area contributed by atoms with Gasteiger partial charge in [0.25, 0.3) is 0 Å². The van der Waals surface area contributed by atoms with Crippen LogP contribution in [-0.2, 0) is 5.41 Å². The van der Waals surface area contributed by atoms with Crippen LogP contribution in [0.25, 0.3) is 0 Å². The zero-order chi connectivity index (χ0) is 14.5. The summed E-state index contributed by atoms with van der Waals surface area (Å²) in [5, 5.41) is 5.04. The van der Waals surface area contributed by atoms with Gasteiger partial charge >= 0.3 is 0 Å². The number of anilines is 1. The first-order chi connectivity index (χ1) is 8.86. The fourth-order valence-electron chi connectivity index (χ4n) is 1.45. The van der Waals surface area contributed by atoms with Crippen molar-refractivity contribution in [1.82, 2.24) is 9.97 Å². The average molecular weight is 281 g/mol. The molecule has 0 spiro atoms. The fraction of sp³-hybridized carbons (Fsp3) is 0.733. The van der Waals surface area contributed by atoms with Crippen molar-refractivity contribution in [3.63, 3.8) is 0 Å². The van der Waals surface area contributed by atoms with Crippen molar-refractivity contribution >= 4 is 17.6 Å². The summed E-state index contributed by atoms with van der Waals surface area (Å²) in [7, 11) is 0. The van der Waals surface area contributed by atoms with Gasteiger partial charge in [-0.1, -0.05) is 41.5 Å². The minimum atomic E-state index is -0.0192. The van der Waals surface area contributed by atoms with Crippen molar-refractivity contribution in [3.05, 3.63) is 11.9 Å². The minimum absolute atomic E-state index is 0.0192. The number of nitrogens with one attached hydrogen (secondary N) is 1. The molecule has 1 heterocycles. The van der Waals surface area contributed by atoms with Crippen LogP contribution in [0.3, 0.4) is 0 Å². The van der Waals surface area contributed by atoms with E-state index in [4.69, 9.17) is 4.98 Å². The van der Waals surface area contributed by atoms with Crippen LogP contribution in [0.2, 0.25) is 0 Å². The smallest absolute Gasteiger partial charge is 0.137 e. The monoisotopic (exact) mass is 281 g/mol. The first kappa shape index (κ1) is 16.3. The number of rotatable bonds is 6. The molecule has 0 aromatic carbocycles. The summed E-state index contributed by atoms with van der Waals surface area (Å²) in [4.78, 5) is 9.35. The minimum Gasteiger partial charge on any atom is -0.370 e. The van der Waals surface area contributed by atoms with Gasteiger partial charge in [-0.2, -0.15) is 0 Å². The number of aromatic nitrogens is 2. The Kier molecular flexibility index (Phi) is 6.11. The molecule has 0 fully saturated rings. The number of thioether (sulfide) groups is 1. The normalized spacial score (nSPS) is 13.4. The molecule has 1 aromatic rings. The van der Waals surface area contributed by atoms with Gasteiger partial charge in [-0.05, 0) is 12.8 Å². The zero-order valence-electron chi connectivity index (χ0n) is 13.1. The van der Waals surface area contributed by atoms with E-state index in [-0.39, 0.29) is 5.41 Å². The predicted octanol–water partition coefficient (Wildman–Crippen LogP) is 4.49. The second kappa shape index (κ2) is 7.13. The number of nitrogens with zero attached hydrogens (tertiary/aromatic N) is 2. The van der Waals surface area contributed by atoms with Gasteiger partial charge in [0.2, 0.25) is 0 Å². The Morgan fingerprint density at radius 2 is 1.95 bits per heavy atom. The summed E-state index contributed by atoms with van der Waals surface area (Å²) in [6.07, 6.45) is 2.25. The standard InChI is InChI=1S/C15H27N3S/c1-7-9-16-12-10-13(19-11(3)8-2)18-14(17-12)15(4,5)6/h10-11H,7-9H2,1-6H3,(H,16,17,18). The van der Waals surface area contributed by atoms with Crippen molar-refractivity contribution in [2.75, 3.05) is 11.9 Å². The molecule has 0 saturated carbocycles. The maximum Gasteiger partial charge on any atom is 0.137 e. The van der Waals surface area contributed by atoms with E-state index in [0.717, 1.165) is 36.1 Å². The van der Waals surface area contributed by atoms with Gasteiger partial charge < -0.3 is 5.32 Å². The third kappa shape index (κ3) is 5.39. The van der Waals surface area contributed by atoms with Crippen LogP contribution in [-0.4, -0.2) is 21.8 Å². The second-order valence-corrected chi connectivity index (χ2v) is 7.39. The Balaban J connectivity index is 3.02. The van der Waals surface area contributed by atoms with Crippen LogP contribution in [0.4, 0.5) is 5.82 Å². The van der Waals surface area contributed by atoms with E-state index in [1.165, 1.54) is 0 Å². The lowest BCUT2D eigenvalue weighted by atomic mass is 9.96. The highest BCUT2D eigenvalue weighted by Gasteiger charge is 2.19. The van der Waals surface area contributed by atoms with E-state index < -0.39 is 0 Å². The lowest BCUT2D eigenvalue weighted by Gasteiger charge is -2.19. The van der Waals surface area contributed by atoms with E-state index in [0.29, 0.717) is 5.25 Å². The Labute approximate surface area is 122 Å². The van der Waals surface area contributed by atoms with Crippen molar-refractivity contribution < 1.29 is 0 Å². The van der Waals surface area contributed by atoms with Gasteiger partial charge in [0, 0.05) is 23.3 Å². The molecule has 0 saturated heterocycles. The van der Waals surface area contributed by atoms with E-state index in [1.54, 1.807) is 0 Å². The zero-order valence-corrected chi connectivity index (χ0v) is 13.9. The van der Waals surface area contributed by atoms with Gasteiger partial charge in [0.05, 0.1) is 0 Å². The van der Waals surface area contributed by atoms with Crippen LogP contribution < -0.4 is 5.32 Å². The highest BCUT2D eigenvalue weighted by atomic mass is 32.2. The molecule has 1 unspecified atom stereocenters. The maximum absolute atomic E-state index is 4.71. The largest absolute Gasteiger partial charge is 0.370 e. The molecular formula is C15H27N3S. The van der Waals surface area contributed by atoms with Crippen molar-refractivity contribution in [3.8, 4) is 0 Å². The van der Waals surface area contributed by atoms with Gasteiger partial charge in [-0.3, -0.25) is 0 Å². The van der Waals surface area contributed by atoms with E-state index in [1.807, 2.05) is 11.8 Å². The highest BCUT2D eigenvalue weighted by Crippen LogP contribution is 2.28. The molecule has 19 heavy (non-hydrogen) atoms. The predicted molar refractivity (Wildman–Crippen MR) is 85.1 cm³/mol. The molecule has 0 radical (unpaired) electrons. The Bertz CT molecular complexity index is 399. The van der Waals surface area contributed by atoms with Crippen molar-refractivity contribution in [2.45, 2.75) is 70.1 Å². The number of hydrogen-bond acceptors (Lipinski definition) is 4. The molecule has 1 aromatic heterocycles. The third-order valence-corrected chi connectivity index (χ3v) is 4.01. The summed E-state index contributed by atoms with van der Waals surface area (Å²) in [5.41, 5.74) is -0.0192. The molecule has 0 aliphatic heterocycles. The molecule has 1 N–H and O–H groups in total. The second-order valence-electron chi connectivity index (χ2n) is 5.93. The summed E-state index contributed by atoms with van der Waals surface area (Å²) >= 11 is 1.83. The summed E-state index contributed by atoms with van der Waals surface area (Å²) in [5.74, 6) is 1.87. The van der Waals surface area contributed by atoms with Gasteiger partial charge in [-0.25, -0.2) is 9.97 Å². The Morgan fingerprint density at radius 1 is 1.26 bits per heavy atom. The SMILES string of the molecule is CCCNc1cc(SC(C)CC)nc(C(C)(C)C)n1. The molecule has 1 rings (SSSR count). The molecular weight excluding hydrogens is 254 g/mol. The molecule has 0 aliphatic rings. The molecule has 0 aliphatic carbocycles. The van der Waals surface area contributed by atoms with E-state index in [9.17, 15) is 0 Å². The summed E-state index contributed by atoms with van der Waals surface area (Å²) in [6.45, 7) is 14.0. The van der Waals surface area contributed by atoms with Crippen LogP contribution in [0.15, 0.2) is 11.1 Å². The van der Waals surface area contributed by atoms with Crippen LogP contribution >= 0.6 is 11.8 Å². The van der Waals surface area contributed by atoms with E-state index in [2.05, 4.69) is 57.9 Å². The molecule has 108 valence electrons. The van der Waals surface area contributed by atoms with Crippen molar-refractivity contribution in [2.24, 2.45) is 0 Å². The Morgan fingerprint density at radius 3 is 2.47 bits per heavy atom. The fourth-order valence-corrected chi connectivity index (χ4v) is 2.35. The highest BCUT2D eigenvalue weighted by molar-refractivity contribution is 7.99. The molecule has 0 amide bonds. The van der Waals surface area contributed by atoms with Crippen LogP contribution in [0.1, 0.15) is 60.2 Å². The molecule has 0 bridgehead atoms. The molecule has 4 heteroatoms. The van der Waals surface area contributed by atoms with Crippen LogP contribution in [0.5, 0.6) is 0 Å². The first-order valence-electron chi connectivity index (χ1n) is 7.16. The molecule has 3 nitrogen and oxygen atoms in total. The topological polar surface area (TPSA) is 37.8 Å². The molecule has 1 atom stereocenters. The number of hydrogen-bond donors (Lipinski definition) is 1. The maximum atomic E-state index is 4.71. The van der Waals surface area contributed by atoms with Gasteiger partial charge in [0.1, 0.15) is 16.7 Å². The quantitative estimate of drug-likeness (QED) is 0.616. The van der Waals surface area contributed by atoms with Crippen molar-refractivity contribution in [1.29, 1.82) is 0 Å². The average Bonchev–Trinajstić information content (AvgIpc) is 2.34. The van der Waals surface area contributed by atoms with Gasteiger partial charge in [0.15, 0.2) is 0 Å². The lowest BCUT2D eigenvalue weighted by molar-refractivity contribution is 0.539. The third-order valence-electron chi connectivity index (χ3n) is 2.83. The lowest BCUT2D eigenvalue weighted by Crippen LogP contribution is -2.18. The summed E-state index contributed by atoms with van der Waals surface area (Å²) < 4.78 is 0. The van der Waals surface area contributed by atoms with Crippen LogP contribution in [0, 0.1) is 0 Å². The first-order valence-corrected chi connectivity index (χ1v) is 8.04. The Hall–Kier alpha value is -0.770.